The minimum atomic E-state index is -4.49. The fraction of sp³-hybridized carbons (Fsp3) is 0.0556. The molecule has 0 spiro atoms. The molecule has 0 saturated heterocycles. The number of hydrogen-bond acceptors (Lipinski definition) is 4. The molecule has 2 N–H and O–H groups in total. The molecular formula is C18H10F5N3O3. The van der Waals surface area contributed by atoms with E-state index in [0.717, 1.165) is 42.5 Å². The van der Waals surface area contributed by atoms with Gasteiger partial charge in [0.2, 0.25) is 0 Å². The van der Waals surface area contributed by atoms with Crippen LogP contribution in [0.25, 0.3) is 11.3 Å². The maximum Gasteiger partial charge on any atom is 0.416 e. The SMILES string of the molecule is O=C(NC(=O)c1c(F)cccc1F)Nc1cc(-c2ccc(C(F)(F)F)cc2)on1. The summed E-state index contributed by atoms with van der Waals surface area (Å²) in [6.07, 6.45) is -4.49. The first-order valence-electron chi connectivity index (χ1n) is 7.86. The highest BCUT2D eigenvalue weighted by molar-refractivity contribution is 6.08. The molecule has 3 amide bonds. The summed E-state index contributed by atoms with van der Waals surface area (Å²) in [5.74, 6) is -3.76. The average Bonchev–Trinajstić information content (AvgIpc) is 3.09. The number of nitrogens with one attached hydrogen (secondary N) is 2. The highest BCUT2D eigenvalue weighted by atomic mass is 19.4. The largest absolute Gasteiger partial charge is 0.416 e. The second-order valence-corrected chi connectivity index (χ2v) is 5.66. The molecule has 0 radical (unpaired) electrons. The Morgan fingerprint density at radius 3 is 2.17 bits per heavy atom. The molecule has 3 aromatic rings. The molecule has 0 aliphatic rings. The first kappa shape index (κ1) is 20.0. The van der Waals surface area contributed by atoms with E-state index in [9.17, 15) is 31.5 Å². The zero-order valence-electron chi connectivity index (χ0n) is 14.2. The number of urea groups is 1. The first-order valence-corrected chi connectivity index (χ1v) is 7.86. The Hall–Kier alpha value is -3.76. The van der Waals surface area contributed by atoms with Crippen molar-refractivity contribution in [2.24, 2.45) is 0 Å². The van der Waals surface area contributed by atoms with Crippen LogP contribution in [-0.2, 0) is 6.18 Å². The van der Waals surface area contributed by atoms with Gasteiger partial charge in [-0.3, -0.25) is 15.4 Å². The highest BCUT2D eigenvalue weighted by Crippen LogP contribution is 2.31. The van der Waals surface area contributed by atoms with E-state index in [4.69, 9.17) is 4.52 Å². The minimum Gasteiger partial charge on any atom is -0.354 e. The third-order valence-corrected chi connectivity index (χ3v) is 3.67. The molecule has 0 fully saturated rings. The van der Waals surface area contributed by atoms with E-state index in [1.54, 1.807) is 5.32 Å². The van der Waals surface area contributed by atoms with Crippen LogP contribution in [0.5, 0.6) is 0 Å². The van der Waals surface area contributed by atoms with Crippen LogP contribution >= 0.6 is 0 Å². The molecular weight excluding hydrogens is 401 g/mol. The lowest BCUT2D eigenvalue weighted by atomic mass is 10.1. The van der Waals surface area contributed by atoms with Gasteiger partial charge in [0.1, 0.15) is 17.2 Å². The lowest BCUT2D eigenvalue weighted by Crippen LogP contribution is -2.35. The van der Waals surface area contributed by atoms with Crippen LogP contribution in [-0.4, -0.2) is 17.1 Å². The molecule has 0 bridgehead atoms. The summed E-state index contributed by atoms with van der Waals surface area (Å²) < 4.78 is 69.8. The van der Waals surface area contributed by atoms with Crippen LogP contribution in [0.4, 0.5) is 32.6 Å². The standard InChI is InChI=1S/C18H10F5N3O3/c19-11-2-1-3-12(20)15(11)16(27)25-17(28)24-14-8-13(29-26-14)9-4-6-10(7-5-9)18(21,22)23/h1-8H,(H2,24,25,26,27,28). The Morgan fingerprint density at radius 1 is 0.966 bits per heavy atom. The highest BCUT2D eigenvalue weighted by Gasteiger charge is 2.30. The smallest absolute Gasteiger partial charge is 0.354 e. The molecule has 1 heterocycles. The predicted molar refractivity (Wildman–Crippen MR) is 89.8 cm³/mol. The number of halogens is 5. The molecule has 0 aliphatic heterocycles. The van der Waals surface area contributed by atoms with Crippen LogP contribution in [0.15, 0.2) is 53.1 Å². The van der Waals surface area contributed by atoms with Crippen LogP contribution in [0.1, 0.15) is 15.9 Å². The van der Waals surface area contributed by atoms with Gasteiger partial charge in [0, 0.05) is 11.6 Å². The summed E-state index contributed by atoms with van der Waals surface area (Å²) in [5.41, 5.74) is -1.53. The van der Waals surface area contributed by atoms with Crippen molar-refractivity contribution in [2.45, 2.75) is 6.18 Å². The fourth-order valence-corrected chi connectivity index (χ4v) is 2.32. The van der Waals surface area contributed by atoms with Gasteiger partial charge in [-0.1, -0.05) is 23.4 Å². The van der Waals surface area contributed by atoms with Crippen molar-refractivity contribution in [3.8, 4) is 11.3 Å². The van der Waals surface area contributed by atoms with E-state index in [0.29, 0.717) is 0 Å². The summed E-state index contributed by atoms with van der Waals surface area (Å²) in [7, 11) is 0. The molecule has 6 nitrogen and oxygen atoms in total. The third-order valence-electron chi connectivity index (χ3n) is 3.67. The Labute approximate surface area is 159 Å². The molecule has 0 atom stereocenters. The number of carbonyl (C=O) groups is 2. The van der Waals surface area contributed by atoms with Crippen molar-refractivity contribution in [3.05, 3.63) is 71.3 Å². The van der Waals surface area contributed by atoms with Gasteiger partial charge in [-0.2, -0.15) is 13.2 Å². The number of carbonyl (C=O) groups excluding carboxylic acids is 2. The van der Waals surface area contributed by atoms with Crippen LogP contribution < -0.4 is 10.6 Å². The van der Waals surface area contributed by atoms with Crippen molar-refractivity contribution in [3.63, 3.8) is 0 Å². The van der Waals surface area contributed by atoms with Crippen LogP contribution in [0, 0.1) is 11.6 Å². The Kier molecular flexibility index (Phi) is 5.31. The van der Waals surface area contributed by atoms with Gasteiger partial charge < -0.3 is 4.52 Å². The average molecular weight is 411 g/mol. The summed E-state index contributed by atoms with van der Waals surface area (Å²) in [4.78, 5) is 23.7. The summed E-state index contributed by atoms with van der Waals surface area (Å²) >= 11 is 0. The number of aromatic nitrogens is 1. The second-order valence-electron chi connectivity index (χ2n) is 5.66. The van der Waals surface area contributed by atoms with E-state index < -0.39 is 40.9 Å². The molecule has 2 aromatic carbocycles. The molecule has 150 valence electrons. The normalized spacial score (nSPS) is 11.2. The summed E-state index contributed by atoms with van der Waals surface area (Å²) in [5, 5.41) is 7.32. The van der Waals surface area contributed by atoms with Crippen LogP contribution in [0.3, 0.4) is 0 Å². The van der Waals surface area contributed by atoms with E-state index in [1.165, 1.54) is 6.07 Å². The van der Waals surface area contributed by atoms with Crippen LogP contribution in [0.2, 0.25) is 0 Å². The zero-order valence-corrected chi connectivity index (χ0v) is 14.2. The fourth-order valence-electron chi connectivity index (χ4n) is 2.32. The Bertz CT molecular complexity index is 1040. The predicted octanol–water partition coefficient (Wildman–Crippen LogP) is 4.60. The summed E-state index contributed by atoms with van der Waals surface area (Å²) in [6.45, 7) is 0. The van der Waals surface area contributed by atoms with Gasteiger partial charge in [-0.25, -0.2) is 13.6 Å². The Balaban J connectivity index is 1.67. The molecule has 3 rings (SSSR count). The van der Waals surface area contributed by atoms with Crippen molar-refractivity contribution >= 4 is 17.8 Å². The third kappa shape index (κ3) is 4.57. The van der Waals surface area contributed by atoms with Gasteiger partial charge in [0.15, 0.2) is 11.6 Å². The second kappa shape index (κ2) is 7.70. The molecule has 1 aromatic heterocycles. The Morgan fingerprint density at radius 2 is 1.59 bits per heavy atom. The van der Waals surface area contributed by atoms with E-state index in [1.807, 2.05) is 0 Å². The number of anilines is 1. The molecule has 29 heavy (non-hydrogen) atoms. The van der Waals surface area contributed by atoms with E-state index in [-0.39, 0.29) is 17.1 Å². The number of hydrogen-bond donors (Lipinski definition) is 2. The van der Waals surface area contributed by atoms with Gasteiger partial charge in [0.25, 0.3) is 5.91 Å². The van der Waals surface area contributed by atoms with Gasteiger partial charge in [-0.15, -0.1) is 0 Å². The molecule has 0 saturated carbocycles. The quantitative estimate of drug-likeness (QED) is 0.617. The number of alkyl halides is 3. The van der Waals surface area contributed by atoms with Gasteiger partial charge in [-0.05, 0) is 24.3 Å². The monoisotopic (exact) mass is 411 g/mol. The topological polar surface area (TPSA) is 84.2 Å². The number of nitrogens with zero attached hydrogens (tertiary/aromatic N) is 1. The zero-order chi connectivity index (χ0) is 21.2. The number of rotatable bonds is 3. The number of imide groups is 1. The minimum absolute atomic E-state index is 0.0421. The number of benzene rings is 2. The maximum atomic E-state index is 13.5. The molecule has 0 aliphatic carbocycles. The first-order chi connectivity index (χ1) is 13.6. The van der Waals surface area contributed by atoms with E-state index in [2.05, 4.69) is 10.5 Å². The van der Waals surface area contributed by atoms with Gasteiger partial charge >= 0.3 is 12.2 Å². The molecule has 0 unspecified atom stereocenters. The van der Waals surface area contributed by atoms with Crippen molar-refractivity contribution < 1.29 is 36.1 Å². The molecule has 11 heteroatoms. The van der Waals surface area contributed by atoms with Crippen molar-refractivity contribution in [2.75, 3.05) is 5.32 Å². The lowest BCUT2D eigenvalue weighted by Gasteiger charge is -2.06. The van der Waals surface area contributed by atoms with E-state index >= 15 is 0 Å². The van der Waals surface area contributed by atoms with Gasteiger partial charge in [0.05, 0.1) is 5.56 Å². The maximum absolute atomic E-state index is 13.5. The summed E-state index contributed by atoms with van der Waals surface area (Å²) in [6, 6.07) is 6.79. The van der Waals surface area contributed by atoms with Crippen molar-refractivity contribution in [1.29, 1.82) is 0 Å². The number of amides is 3. The van der Waals surface area contributed by atoms with Crippen molar-refractivity contribution in [1.82, 2.24) is 10.5 Å². The lowest BCUT2D eigenvalue weighted by molar-refractivity contribution is -0.137.